The molecule has 612 valence electrons. The summed E-state index contributed by atoms with van der Waals surface area (Å²) in [6.07, 6.45) is 1.81. The monoisotopic (exact) mass is 1680 g/mol. The highest BCUT2D eigenvalue weighted by Gasteiger charge is 2.26. The zero-order valence-corrected chi connectivity index (χ0v) is 70.2. The largest absolute Gasteiger partial charge is 0.309 e. The van der Waals surface area contributed by atoms with Crippen molar-refractivity contribution in [2.45, 2.75) is 0 Å². The van der Waals surface area contributed by atoms with Crippen molar-refractivity contribution in [2.75, 3.05) is 0 Å². The van der Waals surface area contributed by atoms with Crippen LogP contribution in [0.4, 0.5) is 0 Å². The van der Waals surface area contributed by atoms with E-state index in [1.54, 1.807) is 0 Å². The summed E-state index contributed by atoms with van der Waals surface area (Å²) in [7, 11) is 0. The molecule has 0 unspecified atom stereocenters. The van der Waals surface area contributed by atoms with E-state index in [0.717, 1.165) is 168 Å². The van der Waals surface area contributed by atoms with E-state index in [-0.39, 0.29) is 0 Å². The molecule has 0 amide bonds. The number of rotatable bonds is 10. The van der Waals surface area contributed by atoms with E-state index in [2.05, 4.69) is 328 Å². The van der Waals surface area contributed by atoms with Gasteiger partial charge < -0.3 is 4.57 Å². The minimum atomic E-state index is 0.664. The van der Waals surface area contributed by atoms with Crippen LogP contribution in [-0.4, -0.2) is 76.3 Å². The molecule has 10 aromatic heterocycles. The molecule has 18 aromatic carbocycles. The predicted octanol–water partition coefficient (Wildman–Crippen LogP) is 27.4. The van der Waals surface area contributed by atoms with Crippen LogP contribution < -0.4 is 0 Å². The Morgan fingerprint density at radius 1 is 0.160 bits per heavy atom. The van der Waals surface area contributed by atoms with Crippen LogP contribution >= 0.6 is 0 Å². The summed E-state index contributed by atoms with van der Waals surface area (Å²) in [6.45, 7) is 0. The Bertz CT molecular complexity index is 9290. The average Bonchev–Trinajstić information content (AvgIpc) is 1.58. The summed E-state index contributed by atoms with van der Waals surface area (Å²) in [4.78, 5) is 45.2. The van der Waals surface area contributed by atoms with E-state index < -0.39 is 0 Å². The third kappa shape index (κ3) is 12.3. The van der Waals surface area contributed by atoms with Gasteiger partial charge in [0.2, 0.25) is 17.3 Å². The van der Waals surface area contributed by atoms with Crippen molar-refractivity contribution < 1.29 is 0 Å². The summed E-state index contributed by atoms with van der Waals surface area (Å²) in [6, 6.07) is 150. The summed E-state index contributed by atoms with van der Waals surface area (Å²) < 4.78 is 15.5. The Labute approximate surface area is 747 Å². The summed E-state index contributed by atoms with van der Waals surface area (Å²) in [5.41, 5.74) is 27.9. The van der Waals surface area contributed by atoms with Crippen molar-refractivity contribution in [3.63, 3.8) is 0 Å². The quantitative estimate of drug-likeness (QED) is 0.122. The van der Waals surface area contributed by atoms with Crippen molar-refractivity contribution in [2.24, 2.45) is 0 Å². The normalized spacial score (nSPS) is 11.8. The zero-order valence-electron chi connectivity index (χ0n) is 70.2. The third-order valence-corrected chi connectivity index (χ3v) is 25.4. The van der Waals surface area contributed by atoms with Crippen LogP contribution in [0.15, 0.2) is 437 Å². The van der Waals surface area contributed by atoms with Crippen LogP contribution in [0.3, 0.4) is 0 Å². The van der Waals surface area contributed by atoms with Gasteiger partial charge in [-0.15, -0.1) is 0 Å². The second-order valence-corrected chi connectivity index (χ2v) is 32.9. The van der Waals surface area contributed by atoms with Gasteiger partial charge in [0.25, 0.3) is 0 Å². The van der Waals surface area contributed by atoms with Crippen molar-refractivity contribution >= 4 is 149 Å². The SMILES string of the molecule is c1ccc(-c2cc(-n3c4ccc(-c5ccc6c(c5)c5ccccc5n6-c5ccccc5)cc4n4c5ccccc5nc34)nc(-c3ccccc3)n2)cc1.c1ccc(-c2cc(-n3c4ccc(-c5ccc6c7ccccc7c7ccccc7c6c5)cc4n4c5ccccc5nc34)nc(-c3ccccc3)n2)cc1.c1ccc2nc(-n3c4ccccc4n4c5ccccc5nc34)cnc2c1. The molecule has 0 spiro atoms. The molecule has 0 atom stereocenters. The fraction of sp³-hybridized carbons (Fsp3) is 0. The lowest BCUT2D eigenvalue weighted by atomic mass is 9.92. The maximum absolute atomic E-state index is 5.21. The van der Waals surface area contributed by atoms with Crippen molar-refractivity contribution in [1.29, 1.82) is 0 Å². The molecular formula is C115H72N16. The first-order valence-corrected chi connectivity index (χ1v) is 43.8. The molecule has 131 heavy (non-hydrogen) atoms. The van der Waals surface area contributed by atoms with Gasteiger partial charge in [0.05, 0.1) is 106 Å². The van der Waals surface area contributed by atoms with Crippen LogP contribution in [0, 0.1) is 0 Å². The molecule has 0 fully saturated rings. The van der Waals surface area contributed by atoms with Crippen LogP contribution in [-0.2, 0) is 0 Å². The van der Waals surface area contributed by atoms with E-state index in [4.69, 9.17) is 39.9 Å². The Kier molecular flexibility index (Phi) is 17.2. The smallest absolute Gasteiger partial charge is 0.221 e. The zero-order chi connectivity index (χ0) is 86.1. The van der Waals surface area contributed by atoms with Crippen LogP contribution in [0.2, 0.25) is 0 Å². The lowest BCUT2D eigenvalue weighted by Crippen LogP contribution is -2.03. The highest BCUT2D eigenvalue weighted by atomic mass is 15.3. The fourth-order valence-corrected chi connectivity index (χ4v) is 19.4. The second-order valence-electron chi connectivity index (χ2n) is 32.9. The molecule has 0 saturated carbocycles. The number of hydrogen-bond acceptors (Lipinski definition) is 9. The van der Waals surface area contributed by atoms with Gasteiger partial charge in [-0.05, 0) is 176 Å². The minimum absolute atomic E-state index is 0.664. The summed E-state index contributed by atoms with van der Waals surface area (Å²) in [5, 5.41) is 10.1. The van der Waals surface area contributed by atoms with Gasteiger partial charge >= 0.3 is 0 Å². The molecule has 10 heterocycles. The first kappa shape index (κ1) is 74.3. The van der Waals surface area contributed by atoms with Gasteiger partial charge in [-0.1, -0.05) is 297 Å². The summed E-state index contributed by atoms with van der Waals surface area (Å²) in [5.74, 6) is 6.08. The summed E-state index contributed by atoms with van der Waals surface area (Å²) >= 11 is 0. The van der Waals surface area contributed by atoms with Gasteiger partial charge in [-0.2, -0.15) is 0 Å². The molecule has 0 aliphatic heterocycles. The van der Waals surface area contributed by atoms with Crippen molar-refractivity contribution in [3.8, 4) is 90.7 Å². The number of hydrogen-bond donors (Lipinski definition) is 0. The molecule has 16 nitrogen and oxygen atoms in total. The van der Waals surface area contributed by atoms with Gasteiger partial charge in [-0.3, -0.25) is 31.9 Å². The minimum Gasteiger partial charge on any atom is -0.309 e. The molecular weight excluding hydrogens is 1610 g/mol. The molecule has 0 N–H and O–H groups in total. The highest BCUT2D eigenvalue weighted by molar-refractivity contribution is 6.26. The molecule has 28 aromatic rings. The third-order valence-electron chi connectivity index (χ3n) is 25.4. The van der Waals surface area contributed by atoms with Gasteiger partial charge in [-0.25, -0.2) is 39.9 Å². The van der Waals surface area contributed by atoms with E-state index in [0.29, 0.717) is 11.6 Å². The number of benzene rings is 18. The van der Waals surface area contributed by atoms with Gasteiger partial charge in [0, 0.05) is 50.8 Å². The average molecular weight is 1680 g/mol. The fourth-order valence-electron chi connectivity index (χ4n) is 19.4. The lowest BCUT2D eigenvalue weighted by Gasteiger charge is -2.12. The van der Waals surface area contributed by atoms with Crippen molar-refractivity contribution in [1.82, 2.24) is 76.3 Å². The molecule has 0 aliphatic rings. The van der Waals surface area contributed by atoms with E-state index >= 15 is 0 Å². The Balaban J connectivity index is 0.000000109. The number of imidazole rings is 6. The van der Waals surface area contributed by atoms with Gasteiger partial charge in [0.15, 0.2) is 17.5 Å². The first-order chi connectivity index (χ1) is 65.0. The number of para-hydroxylation sites is 12. The molecule has 0 saturated heterocycles. The number of fused-ring (bicyclic) bond motifs is 25. The van der Waals surface area contributed by atoms with Gasteiger partial charge in [0.1, 0.15) is 11.6 Å². The first-order valence-electron chi connectivity index (χ1n) is 43.8. The van der Waals surface area contributed by atoms with Crippen LogP contribution in [0.25, 0.3) is 239 Å². The maximum atomic E-state index is 5.21. The lowest BCUT2D eigenvalue weighted by molar-refractivity contribution is 1.02. The highest BCUT2D eigenvalue weighted by Crippen LogP contribution is 2.43. The molecule has 0 aliphatic carbocycles. The van der Waals surface area contributed by atoms with Crippen molar-refractivity contribution in [3.05, 3.63) is 437 Å². The second kappa shape index (κ2) is 30.3. The van der Waals surface area contributed by atoms with E-state index in [1.165, 1.54) is 59.7 Å². The van der Waals surface area contributed by atoms with E-state index in [9.17, 15) is 0 Å². The molecule has 28 rings (SSSR count). The number of aromatic nitrogens is 16. The molecule has 16 heteroatoms. The van der Waals surface area contributed by atoms with Crippen LogP contribution in [0.5, 0.6) is 0 Å². The molecule has 0 radical (unpaired) electrons. The predicted molar refractivity (Wildman–Crippen MR) is 532 cm³/mol. The Morgan fingerprint density at radius 3 is 0.977 bits per heavy atom. The van der Waals surface area contributed by atoms with E-state index in [1.807, 2.05) is 146 Å². The topological polar surface area (TPSA) is 149 Å². The Morgan fingerprint density at radius 2 is 0.489 bits per heavy atom. The molecule has 0 bridgehead atoms. The van der Waals surface area contributed by atoms with Crippen LogP contribution in [0.1, 0.15) is 0 Å². The number of nitrogens with zero attached hydrogens (tertiary/aromatic N) is 16. The standard InChI is InChI=1S/C47H30N6.C47H29N5.C21H13N5/c1-4-14-31(15-5-1)39-30-45(50-46(48-39)32-16-6-2-7-17-32)53-43-27-25-34(29-44(43)52-42-23-13-11-21-38(42)49-47(52)53)33-24-26-41-37(28-33)36-20-10-12-22-40(36)51(41)35-18-8-3-9-19-35;1-3-13-30(14-4-1)41-29-45(50-46(48-41)31-15-5-2-6-16-31)52-43-26-24-33(28-44(43)51-42-22-12-11-21-40(42)49-47(51)52)32-23-25-38-36-19-8-7-17-34(36)35-18-9-10-20-37(35)39(38)27-32;1-2-8-15-14(7-1)22-13-20(23-15)26-19-12-6-5-11-18(19)25-17-10-4-3-9-16(17)24-21(25)26/h1-30H;1-29H;1-13H. The Hall–Kier alpha value is -18.2. The maximum Gasteiger partial charge on any atom is 0.221 e.